The van der Waals surface area contributed by atoms with Crippen LogP contribution in [0.2, 0.25) is 5.02 Å². The molecule has 0 saturated carbocycles. The monoisotopic (exact) mass is 403 g/mol. The number of morpholine rings is 1. The van der Waals surface area contributed by atoms with Crippen LogP contribution in [0.5, 0.6) is 0 Å². The predicted octanol–water partition coefficient (Wildman–Crippen LogP) is 1.94. The second-order valence-corrected chi connectivity index (χ2v) is 7.22. The van der Waals surface area contributed by atoms with E-state index in [1.165, 1.54) is 4.90 Å². The zero-order chi connectivity index (χ0) is 19.9. The molecular weight excluding hydrogens is 380 g/mol. The van der Waals surface area contributed by atoms with Crippen LogP contribution in [0, 0.1) is 0 Å². The molecule has 1 atom stereocenters. The summed E-state index contributed by atoms with van der Waals surface area (Å²) in [6.07, 6.45) is -0.916. The summed E-state index contributed by atoms with van der Waals surface area (Å²) in [5, 5.41) is 3.27. The molecule has 1 fully saturated rings. The van der Waals surface area contributed by atoms with Gasteiger partial charge in [0.05, 0.1) is 18.8 Å². The van der Waals surface area contributed by atoms with Gasteiger partial charge in [-0.25, -0.2) is 4.79 Å². The third kappa shape index (κ3) is 5.79. The van der Waals surface area contributed by atoms with Crippen LogP contribution in [0.3, 0.4) is 0 Å². The number of carbonyl (C=O) groups excluding carboxylic acids is 2. The summed E-state index contributed by atoms with van der Waals surface area (Å²) in [7, 11) is 0. The smallest absolute Gasteiger partial charge is 0.338 e. The third-order valence-corrected chi connectivity index (χ3v) is 4.86. The lowest BCUT2D eigenvalue weighted by Gasteiger charge is -2.23. The zero-order valence-corrected chi connectivity index (χ0v) is 16.5. The van der Waals surface area contributed by atoms with Crippen molar-refractivity contribution in [1.29, 1.82) is 0 Å². The van der Waals surface area contributed by atoms with E-state index in [0.29, 0.717) is 16.3 Å². The van der Waals surface area contributed by atoms with E-state index in [9.17, 15) is 9.59 Å². The lowest BCUT2D eigenvalue weighted by molar-refractivity contribution is -0.921. The molecule has 28 heavy (non-hydrogen) atoms. The minimum atomic E-state index is -0.916. The van der Waals surface area contributed by atoms with E-state index in [1.54, 1.807) is 43.3 Å². The number of rotatable bonds is 6. The maximum absolute atomic E-state index is 12.3. The number of benzene rings is 2. The molecule has 7 heteroatoms. The summed E-state index contributed by atoms with van der Waals surface area (Å²) < 4.78 is 10.7. The number of anilines is 1. The Hall–Kier alpha value is -2.41. The van der Waals surface area contributed by atoms with E-state index in [4.69, 9.17) is 21.1 Å². The van der Waals surface area contributed by atoms with Crippen molar-refractivity contribution in [3.63, 3.8) is 0 Å². The van der Waals surface area contributed by atoms with E-state index < -0.39 is 18.0 Å². The van der Waals surface area contributed by atoms with Crippen molar-refractivity contribution in [3.05, 3.63) is 64.7 Å². The van der Waals surface area contributed by atoms with Gasteiger partial charge in [-0.3, -0.25) is 4.79 Å². The van der Waals surface area contributed by atoms with Gasteiger partial charge in [0.15, 0.2) is 6.10 Å². The summed E-state index contributed by atoms with van der Waals surface area (Å²) in [4.78, 5) is 26.0. The highest BCUT2D eigenvalue weighted by Crippen LogP contribution is 2.14. The molecule has 2 N–H and O–H groups in total. The Bertz CT molecular complexity index is 802. The van der Waals surface area contributed by atoms with Gasteiger partial charge in [-0.2, -0.15) is 0 Å². The highest BCUT2D eigenvalue weighted by molar-refractivity contribution is 6.30. The van der Waals surface area contributed by atoms with E-state index in [-0.39, 0.29) is 0 Å². The maximum atomic E-state index is 12.3. The number of carbonyl (C=O) groups is 2. The highest BCUT2D eigenvalue weighted by atomic mass is 35.5. The molecule has 1 heterocycles. The van der Waals surface area contributed by atoms with Crippen molar-refractivity contribution in [1.82, 2.24) is 0 Å². The Morgan fingerprint density at radius 1 is 1.11 bits per heavy atom. The average Bonchev–Trinajstić information content (AvgIpc) is 2.71. The summed E-state index contributed by atoms with van der Waals surface area (Å²) in [6.45, 7) is 6.00. The van der Waals surface area contributed by atoms with Crippen LogP contribution in [0.15, 0.2) is 48.5 Å². The molecule has 0 radical (unpaired) electrons. The van der Waals surface area contributed by atoms with Crippen LogP contribution >= 0.6 is 11.6 Å². The fraction of sp³-hybridized carbons (Fsp3) is 0.333. The molecular formula is C21H24ClN2O4+. The molecule has 1 aliphatic heterocycles. The fourth-order valence-electron chi connectivity index (χ4n) is 2.94. The molecule has 0 aliphatic carbocycles. The topological polar surface area (TPSA) is 69.1 Å². The van der Waals surface area contributed by atoms with Gasteiger partial charge in [0, 0.05) is 16.3 Å². The van der Waals surface area contributed by atoms with Crippen molar-refractivity contribution >= 4 is 29.2 Å². The largest absolute Gasteiger partial charge is 0.449 e. The summed E-state index contributed by atoms with van der Waals surface area (Å²) in [6, 6.07) is 14.0. The van der Waals surface area contributed by atoms with Crippen molar-refractivity contribution in [2.24, 2.45) is 0 Å². The molecule has 0 unspecified atom stereocenters. The number of halogens is 1. The van der Waals surface area contributed by atoms with Gasteiger partial charge < -0.3 is 19.7 Å². The number of amides is 1. The molecule has 6 nitrogen and oxygen atoms in total. The fourth-order valence-corrected chi connectivity index (χ4v) is 3.07. The van der Waals surface area contributed by atoms with E-state index in [1.807, 2.05) is 12.1 Å². The van der Waals surface area contributed by atoms with Gasteiger partial charge in [-0.1, -0.05) is 23.7 Å². The minimum absolute atomic E-state index is 0.400. The average molecular weight is 404 g/mol. The number of ether oxygens (including phenoxy) is 2. The van der Waals surface area contributed by atoms with Crippen LogP contribution in [0.25, 0.3) is 0 Å². The number of hydrogen-bond acceptors (Lipinski definition) is 4. The lowest BCUT2D eigenvalue weighted by atomic mass is 10.1. The van der Waals surface area contributed by atoms with Crippen molar-refractivity contribution in [3.8, 4) is 0 Å². The van der Waals surface area contributed by atoms with Crippen LogP contribution in [0.4, 0.5) is 5.69 Å². The van der Waals surface area contributed by atoms with Gasteiger partial charge in [0.1, 0.15) is 19.6 Å². The molecule has 1 amide bonds. The maximum Gasteiger partial charge on any atom is 0.338 e. The first-order valence-corrected chi connectivity index (χ1v) is 9.67. The Morgan fingerprint density at radius 3 is 2.39 bits per heavy atom. The quantitative estimate of drug-likeness (QED) is 0.723. The molecule has 2 aromatic rings. The molecule has 0 spiro atoms. The molecule has 1 aliphatic rings. The first-order valence-electron chi connectivity index (χ1n) is 9.29. The van der Waals surface area contributed by atoms with Crippen molar-refractivity contribution < 1.29 is 24.0 Å². The van der Waals surface area contributed by atoms with Gasteiger partial charge in [0.2, 0.25) is 0 Å². The highest BCUT2D eigenvalue weighted by Gasteiger charge is 2.20. The number of esters is 1. The molecule has 1 saturated heterocycles. The van der Waals surface area contributed by atoms with Crippen molar-refractivity contribution in [2.45, 2.75) is 19.6 Å². The van der Waals surface area contributed by atoms with Crippen LogP contribution in [-0.2, 0) is 20.8 Å². The second-order valence-electron chi connectivity index (χ2n) is 6.78. The Morgan fingerprint density at radius 2 is 1.75 bits per heavy atom. The van der Waals surface area contributed by atoms with Crippen LogP contribution in [0.1, 0.15) is 22.8 Å². The van der Waals surface area contributed by atoms with E-state index in [0.717, 1.165) is 38.4 Å². The molecule has 3 rings (SSSR count). The molecule has 0 aromatic heterocycles. The van der Waals surface area contributed by atoms with Crippen LogP contribution in [-0.4, -0.2) is 44.3 Å². The van der Waals surface area contributed by atoms with E-state index in [2.05, 4.69) is 5.32 Å². The Labute approximate surface area is 169 Å². The minimum Gasteiger partial charge on any atom is -0.449 e. The zero-order valence-electron chi connectivity index (χ0n) is 15.7. The van der Waals surface area contributed by atoms with E-state index >= 15 is 0 Å². The number of quaternary nitrogens is 1. The SMILES string of the molecule is C[C@H](OC(=O)c1ccc(C[NH+]2CCOCC2)cc1)C(=O)Nc1ccc(Cl)cc1. The second kappa shape index (κ2) is 9.68. The Kier molecular flexibility index (Phi) is 7.03. The molecule has 2 aromatic carbocycles. The number of hydrogen-bond donors (Lipinski definition) is 2. The van der Waals surface area contributed by atoms with Crippen LogP contribution < -0.4 is 10.2 Å². The summed E-state index contributed by atoms with van der Waals surface area (Å²) >= 11 is 5.82. The third-order valence-electron chi connectivity index (χ3n) is 4.61. The first kappa shape index (κ1) is 20.3. The standard InChI is InChI=1S/C21H23ClN2O4/c1-15(20(25)23-19-8-6-18(22)7-9-19)28-21(26)17-4-2-16(3-5-17)14-24-10-12-27-13-11-24/h2-9,15H,10-14H2,1H3,(H,23,25)/p+1/t15-/m0/s1. The summed E-state index contributed by atoms with van der Waals surface area (Å²) in [5.74, 6) is -0.924. The predicted molar refractivity (Wildman–Crippen MR) is 107 cm³/mol. The lowest BCUT2D eigenvalue weighted by Crippen LogP contribution is -3.12. The van der Waals surface area contributed by atoms with Gasteiger partial charge in [-0.05, 0) is 43.3 Å². The summed E-state index contributed by atoms with van der Waals surface area (Å²) in [5.41, 5.74) is 2.17. The normalized spacial score (nSPS) is 15.6. The Balaban J connectivity index is 1.51. The first-order chi connectivity index (χ1) is 13.5. The van der Waals surface area contributed by atoms with Gasteiger partial charge >= 0.3 is 5.97 Å². The van der Waals surface area contributed by atoms with Crippen molar-refractivity contribution in [2.75, 3.05) is 31.6 Å². The van der Waals surface area contributed by atoms with Gasteiger partial charge in [0.25, 0.3) is 5.91 Å². The molecule has 0 bridgehead atoms. The molecule has 148 valence electrons. The number of nitrogens with one attached hydrogen (secondary N) is 2. The van der Waals surface area contributed by atoms with Gasteiger partial charge in [-0.15, -0.1) is 0 Å².